The molecule has 1 amide bonds. The Morgan fingerprint density at radius 2 is 1.81 bits per heavy atom. The summed E-state index contributed by atoms with van der Waals surface area (Å²) in [6.07, 6.45) is -2.81. The number of aryl methyl sites for hydroxylation is 2. The van der Waals surface area contributed by atoms with Crippen LogP contribution >= 0.6 is 23.2 Å². The highest BCUT2D eigenvalue weighted by Crippen LogP contribution is 2.36. The van der Waals surface area contributed by atoms with Crippen LogP contribution in [0.3, 0.4) is 0 Å². The van der Waals surface area contributed by atoms with Gasteiger partial charge in [0.1, 0.15) is 0 Å². The van der Waals surface area contributed by atoms with Gasteiger partial charge in [-0.15, -0.1) is 0 Å². The van der Waals surface area contributed by atoms with E-state index in [2.05, 4.69) is 5.10 Å². The topological polar surface area (TPSA) is 92.5 Å². The highest BCUT2D eigenvalue weighted by molar-refractivity contribution is 6.41. The van der Waals surface area contributed by atoms with E-state index in [9.17, 15) is 32.7 Å². The molecule has 7 nitrogen and oxygen atoms in total. The SMILES string of the molecule is Cc1nn(C(=O)c2c(Cl)ccc(C(=O)N3CCCCC3CC(=O)O)c2Cl)c2c(C)cc(C(F)(F)F)cc12. The van der Waals surface area contributed by atoms with E-state index < -0.39 is 35.6 Å². The van der Waals surface area contributed by atoms with Gasteiger partial charge in [-0.05, 0) is 62.9 Å². The first-order valence-electron chi connectivity index (χ1n) is 11.4. The van der Waals surface area contributed by atoms with E-state index >= 15 is 0 Å². The molecular weight excluding hydrogens is 534 g/mol. The Kier molecular flexibility index (Phi) is 7.27. The number of carboxylic acids is 1. The largest absolute Gasteiger partial charge is 0.481 e. The molecule has 1 unspecified atom stereocenters. The lowest BCUT2D eigenvalue weighted by Crippen LogP contribution is -2.45. The smallest absolute Gasteiger partial charge is 0.416 e. The molecule has 3 aromatic rings. The third kappa shape index (κ3) is 5.04. The van der Waals surface area contributed by atoms with Crippen molar-refractivity contribution in [3.63, 3.8) is 0 Å². The summed E-state index contributed by atoms with van der Waals surface area (Å²) in [5, 5.41) is 13.2. The molecule has 0 saturated carbocycles. The van der Waals surface area contributed by atoms with Gasteiger partial charge in [0.15, 0.2) is 0 Å². The predicted molar refractivity (Wildman–Crippen MR) is 131 cm³/mol. The zero-order valence-electron chi connectivity index (χ0n) is 19.8. The molecule has 12 heteroatoms. The Morgan fingerprint density at radius 1 is 1.11 bits per heavy atom. The zero-order valence-corrected chi connectivity index (χ0v) is 21.3. The molecule has 1 atom stereocenters. The lowest BCUT2D eigenvalue weighted by Gasteiger charge is -2.35. The van der Waals surface area contributed by atoms with Crippen molar-refractivity contribution in [3.8, 4) is 0 Å². The van der Waals surface area contributed by atoms with Gasteiger partial charge in [-0.3, -0.25) is 14.4 Å². The van der Waals surface area contributed by atoms with Crippen LogP contribution in [-0.2, 0) is 11.0 Å². The number of benzene rings is 2. The van der Waals surface area contributed by atoms with Crippen molar-refractivity contribution in [1.82, 2.24) is 14.7 Å². The van der Waals surface area contributed by atoms with Crippen LogP contribution in [-0.4, -0.2) is 50.2 Å². The summed E-state index contributed by atoms with van der Waals surface area (Å²) in [5.74, 6) is -2.38. The molecule has 1 saturated heterocycles. The van der Waals surface area contributed by atoms with Crippen LogP contribution in [0.25, 0.3) is 10.9 Å². The van der Waals surface area contributed by atoms with Crippen LogP contribution < -0.4 is 0 Å². The first-order chi connectivity index (χ1) is 17.3. The Bertz CT molecular complexity index is 1440. The van der Waals surface area contributed by atoms with Gasteiger partial charge in [0, 0.05) is 18.0 Å². The molecule has 1 aliphatic rings. The van der Waals surface area contributed by atoms with Crippen LogP contribution in [0, 0.1) is 13.8 Å². The number of fused-ring (bicyclic) bond motifs is 1. The van der Waals surface area contributed by atoms with Crippen LogP contribution in [0.5, 0.6) is 0 Å². The summed E-state index contributed by atoms with van der Waals surface area (Å²) in [6.45, 7) is 3.25. The molecule has 0 spiro atoms. The number of carbonyl (C=O) groups is 3. The van der Waals surface area contributed by atoms with E-state index in [0.717, 1.165) is 23.2 Å². The van der Waals surface area contributed by atoms with Gasteiger partial charge in [0.25, 0.3) is 11.8 Å². The van der Waals surface area contributed by atoms with Crippen LogP contribution in [0.4, 0.5) is 13.2 Å². The number of piperidine rings is 1. The fourth-order valence-electron chi connectivity index (χ4n) is 4.76. The normalized spacial score (nSPS) is 16.3. The number of hydrogen-bond acceptors (Lipinski definition) is 4. The maximum atomic E-state index is 13.6. The first kappa shape index (κ1) is 26.9. The van der Waals surface area contributed by atoms with Gasteiger partial charge in [-0.1, -0.05) is 23.2 Å². The number of hydrogen-bond donors (Lipinski definition) is 1. The zero-order chi connectivity index (χ0) is 27.2. The molecule has 2 heterocycles. The molecule has 1 fully saturated rings. The van der Waals surface area contributed by atoms with Crippen molar-refractivity contribution in [2.45, 2.75) is 51.7 Å². The second-order valence-corrected chi connectivity index (χ2v) is 9.80. The molecule has 2 aromatic carbocycles. The molecule has 1 aliphatic heterocycles. The number of carboxylic acid groups (broad SMARTS) is 1. The van der Waals surface area contributed by atoms with Gasteiger partial charge < -0.3 is 10.0 Å². The van der Waals surface area contributed by atoms with Crippen molar-refractivity contribution in [2.24, 2.45) is 0 Å². The van der Waals surface area contributed by atoms with Gasteiger partial charge in [-0.2, -0.15) is 23.0 Å². The monoisotopic (exact) mass is 555 g/mol. The fourth-order valence-corrected chi connectivity index (χ4v) is 5.37. The number of alkyl halides is 3. The number of nitrogens with zero attached hydrogens (tertiary/aromatic N) is 3. The quantitative estimate of drug-likeness (QED) is 0.417. The average Bonchev–Trinajstić information content (AvgIpc) is 3.15. The van der Waals surface area contributed by atoms with Crippen LogP contribution in [0.15, 0.2) is 24.3 Å². The Labute approximate surface area is 219 Å². The molecular formula is C25H22Cl2F3N3O4. The molecule has 196 valence electrons. The number of aromatic nitrogens is 2. The third-order valence-electron chi connectivity index (χ3n) is 6.51. The van der Waals surface area contributed by atoms with E-state index in [4.69, 9.17) is 23.2 Å². The number of carbonyl (C=O) groups excluding carboxylic acids is 2. The van der Waals surface area contributed by atoms with Crippen molar-refractivity contribution in [3.05, 3.63) is 62.3 Å². The summed E-state index contributed by atoms with van der Waals surface area (Å²) < 4.78 is 41.0. The summed E-state index contributed by atoms with van der Waals surface area (Å²) in [6, 6.07) is 4.03. The minimum Gasteiger partial charge on any atom is -0.481 e. The minimum absolute atomic E-state index is 0.0315. The van der Waals surface area contributed by atoms with Crippen molar-refractivity contribution < 1.29 is 32.7 Å². The Hall–Kier alpha value is -3.11. The molecule has 37 heavy (non-hydrogen) atoms. The number of halogens is 5. The summed E-state index contributed by atoms with van der Waals surface area (Å²) in [4.78, 5) is 39.8. The molecule has 1 N–H and O–H groups in total. The third-order valence-corrected chi connectivity index (χ3v) is 7.21. The Morgan fingerprint density at radius 3 is 2.46 bits per heavy atom. The molecule has 4 rings (SSSR count). The minimum atomic E-state index is -4.58. The van der Waals surface area contributed by atoms with Gasteiger partial charge in [0.05, 0.1) is 44.4 Å². The van der Waals surface area contributed by atoms with Gasteiger partial charge in [-0.25, -0.2) is 0 Å². The van der Waals surface area contributed by atoms with Crippen molar-refractivity contribution in [2.75, 3.05) is 6.54 Å². The summed E-state index contributed by atoms with van der Waals surface area (Å²) in [7, 11) is 0. The maximum Gasteiger partial charge on any atom is 0.416 e. The van der Waals surface area contributed by atoms with Gasteiger partial charge >= 0.3 is 12.1 Å². The summed E-state index contributed by atoms with van der Waals surface area (Å²) >= 11 is 12.9. The van der Waals surface area contributed by atoms with Crippen molar-refractivity contribution >= 4 is 51.9 Å². The number of aliphatic carboxylic acids is 1. The molecule has 1 aromatic heterocycles. The maximum absolute atomic E-state index is 13.6. The fraction of sp³-hybridized carbons (Fsp3) is 0.360. The van der Waals surface area contributed by atoms with Crippen LogP contribution in [0.1, 0.15) is 63.2 Å². The first-order valence-corrected chi connectivity index (χ1v) is 12.2. The van der Waals surface area contributed by atoms with E-state index in [-0.39, 0.29) is 49.8 Å². The highest BCUT2D eigenvalue weighted by atomic mass is 35.5. The number of likely N-dealkylation sites (tertiary alicyclic amines) is 1. The molecule has 0 radical (unpaired) electrons. The van der Waals surface area contributed by atoms with Crippen molar-refractivity contribution in [1.29, 1.82) is 0 Å². The van der Waals surface area contributed by atoms with E-state index in [1.807, 2.05) is 0 Å². The number of amides is 1. The van der Waals surface area contributed by atoms with Crippen LogP contribution in [0.2, 0.25) is 10.0 Å². The molecule has 0 aliphatic carbocycles. The summed E-state index contributed by atoms with van der Waals surface area (Å²) in [5.41, 5.74) is -0.601. The highest BCUT2D eigenvalue weighted by Gasteiger charge is 2.34. The lowest BCUT2D eigenvalue weighted by molar-refractivity contribution is -0.139. The average molecular weight is 556 g/mol. The van der Waals surface area contributed by atoms with E-state index in [1.54, 1.807) is 0 Å². The van der Waals surface area contributed by atoms with E-state index in [1.165, 1.54) is 30.9 Å². The molecule has 0 bridgehead atoms. The second-order valence-electron chi connectivity index (χ2n) is 9.02. The standard InChI is InChI=1S/C25H22Cl2F3N3O4/c1-12-9-14(25(28,29)30)10-17-13(2)31-33(22(12)17)24(37)20-18(26)7-6-16(21(20)27)23(36)32-8-4-3-5-15(32)11-19(34)35/h6-7,9-10,15H,3-5,8,11H2,1-2H3,(H,34,35). The predicted octanol–water partition coefficient (Wildman–Crippen LogP) is 6.14. The lowest BCUT2D eigenvalue weighted by atomic mass is 9.97. The Balaban J connectivity index is 1.79. The number of rotatable bonds is 4. The van der Waals surface area contributed by atoms with E-state index in [0.29, 0.717) is 19.4 Å². The second kappa shape index (κ2) is 9.98. The van der Waals surface area contributed by atoms with Gasteiger partial charge in [0.2, 0.25) is 0 Å².